The molecule has 0 N–H and O–H groups in total. The van der Waals surface area contributed by atoms with Crippen molar-refractivity contribution in [2.75, 3.05) is 0 Å². The van der Waals surface area contributed by atoms with Crippen molar-refractivity contribution in [3.05, 3.63) is 93.0 Å². The van der Waals surface area contributed by atoms with Crippen LogP contribution in [0, 0.1) is 0 Å². The first-order valence-electron chi connectivity index (χ1n) is 21.0. The molecule has 8 nitrogen and oxygen atoms in total. The van der Waals surface area contributed by atoms with Crippen LogP contribution in [-0.2, 0) is 68.4 Å². The summed E-state index contributed by atoms with van der Waals surface area (Å²) in [6.07, 6.45) is 18.2. The number of benzene rings is 4. The van der Waals surface area contributed by atoms with Crippen molar-refractivity contribution in [2.24, 2.45) is 0 Å². The number of hydrogen-bond acceptors (Lipinski definition) is 6. The number of aryl methyl sites for hydroxylation is 8. The molecule has 2 aliphatic heterocycles. The predicted molar refractivity (Wildman–Crippen MR) is 221 cm³/mol. The molecule has 0 amide bonds. The van der Waals surface area contributed by atoms with Crippen LogP contribution >= 0.6 is 0 Å². The molecule has 4 aliphatic carbocycles. The largest absolute Gasteiger partial charge is 2.00 e. The monoisotopic (exact) mass is 784 g/mol. The number of rotatable bonds is 0. The van der Waals surface area contributed by atoms with Crippen LogP contribution in [-0.4, -0.2) is 29.9 Å². The Labute approximate surface area is 340 Å². The second-order valence-corrected chi connectivity index (χ2v) is 17.0. The second kappa shape index (κ2) is 12.9. The molecule has 8 bridgehead atoms. The molecule has 0 unspecified atom stereocenters. The van der Waals surface area contributed by atoms with Crippen molar-refractivity contribution in [1.82, 2.24) is 39.9 Å². The van der Waals surface area contributed by atoms with E-state index >= 15 is 0 Å². The summed E-state index contributed by atoms with van der Waals surface area (Å²) >= 11 is 0. The third-order valence-electron chi connectivity index (χ3n) is 13.5. The van der Waals surface area contributed by atoms with Crippen LogP contribution in [0.5, 0.6) is 0 Å². The van der Waals surface area contributed by atoms with Gasteiger partial charge in [0.25, 0.3) is 0 Å². The Morgan fingerprint density at radius 3 is 0.719 bits per heavy atom. The molecule has 13 rings (SSSR count). The van der Waals surface area contributed by atoms with Crippen molar-refractivity contribution in [1.29, 1.82) is 0 Å². The molecule has 4 aromatic carbocycles. The number of hydrogen-bond donors (Lipinski definition) is 0. The minimum atomic E-state index is 0. The summed E-state index contributed by atoms with van der Waals surface area (Å²) < 4.78 is 0. The zero-order valence-corrected chi connectivity index (χ0v) is 33.0. The number of nitrogens with zero attached hydrogens (tertiary/aromatic N) is 8. The van der Waals surface area contributed by atoms with Crippen molar-refractivity contribution >= 4 is 44.1 Å². The van der Waals surface area contributed by atoms with Gasteiger partial charge in [-0.3, -0.25) is 0 Å². The number of aromatic nitrogens is 8. The molecule has 0 radical (unpaired) electrons. The fourth-order valence-electron chi connectivity index (χ4n) is 10.6. The van der Waals surface area contributed by atoms with Gasteiger partial charge in [-0.25, -0.2) is 9.97 Å². The fourth-order valence-corrected chi connectivity index (χ4v) is 10.6. The Bertz CT molecular complexity index is 2660. The zero-order chi connectivity index (χ0) is 36.5. The molecule has 6 aliphatic rings. The molecule has 3 aromatic heterocycles. The van der Waals surface area contributed by atoms with Gasteiger partial charge in [-0.1, -0.05) is 0 Å². The third-order valence-corrected chi connectivity index (χ3v) is 13.5. The summed E-state index contributed by atoms with van der Waals surface area (Å²) in [6.45, 7) is 0. The Kier molecular flexibility index (Phi) is 7.65. The van der Waals surface area contributed by atoms with E-state index in [9.17, 15) is 0 Å². The zero-order valence-electron chi connectivity index (χ0n) is 31.9. The summed E-state index contributed by atoms with van der Waals surface area (Å²) in [5.41, 5.74) is 17.9. The predicted octanol–water partition coefficient (Wildman–Crippen LogP) is 9.64. The van der Waals surface area contributed by atoms with Crippen LogP contribution in [0.4, 0.5) is 0 Å². The van der Waals surface area contributed by atoms with E-state index in [1.54, 1.807) is 0 Å². The smallest absolute Gasteiger partial charge is 0.357 e. The van der Waals surface area contributed by atoms with Gasteiger partial charge in [-0.15, -0.1) is 0 Å². The van der Waals surface area contributed by atoms with Crippen molar-refractivity contribution < 1.29 is 17.1 Å². The quantitative estimate of drug-likeness (QED) is 0.140. The molecule has 0 atom stereocenters. The normalized spacial score (nSPS) is 16.6. The molecular weight excluding hydrogens is 744 g/mol. The molecule has 9 heteroatoms. The average Bonchev–Trinajstić information content (AvgIpc) is 3.95. The maximum absolute atomic E-state index is 5.36. The first-order chi connectivity index (χ1) is 27.7. The van der Waals surface area contributed by atoms with Crippen LogP contribution in [0.2, 0.25) is 0 Å². The molecule has 7 aromatic rings. The Morgan fingerprint density at radius 1 is 0.281 bits per heavy atom. The summed E-state index contributed by atoms with van der Waals surface area (Å²) in [7, 11) is 0. The van der Waals surface area contributed by atoms with E-state index in [0.717, 1.165) is 95.2 Å². The van der Waals surface area contributed by atoms with Crippen LogP contribution < -0.4 is 9.97 Å². The van der Waals surface area contributed by atoms with Gasteiger partial charge in [0.05, 0.1) is 23.3 Å². The van der Waals surface area contributed by atoms with E-state index in [1.807, 2.05) is 0 Å². The van der Waals surface area contributed by atoms with Gasteiger partial charge in [-0.05, 0) is 217 Å². The van der Waals surface area contributed by atoms with Crippen molar-refractivity contribution in [2.45, 2.75) is 103 Å². The summed E-state index contributed by atoms with van der Waals surface area (Å²) in [5.74, 6) is 2.64. The third kappa shape index (κ3) is 5.31. The summed E-state index contributed by atoms with van der Waals surface area (Å²) in [6, 6.07) is 18.6. The van der Waals surface area contributed by atoms with Gasteiger partial charge in [0, 0.05) is 44.8 Å². The van der Waals surface area contributed by atoms with E-state index in [-0.39, 0.29) is 17.1 Å². The second-order valence-electron chi connectivity index (χ2n) is 17.0. The van der Waals surface area contributed by atoms with Crippen LogP contribution in [0.1, 0.15) is 95.9 Å². The summed E-state index contributed by atoms with van der Waals surface area (Å²) in [4.78, 5) is 42.5. The van der Waals surface area contributed by atoms with E-state index in [4.69, 9.17) is 39.9 Å². The molecule has 5 heterocycles. The van der Waals surface area contributed by atoms with E-state index in [1.165, 1.54) is 95.9 Å². The average molecular weight is 785 g/mol. The van der Waals surface area contributed by atoms with Gasteiger partial charge >= 0.3 is 17.1 Å². The molecule has 0 saturated heterocycles. The van der Waals surface area contributed by atoms with Crippen molar-refractivity contribution in [3.8, 4) is 45.6 Å². The van der Waals surface area contributed by atoms with E-state index in [2.05, 4.69) is 48.5 Å². The Hall–Kier alpha value is -5.24. The summed E-state index contributed by atoms with van der Waals surface area (Å²) in [5, 5.41) is 4.10. The van der Waals surface area contributed by atoms with Gasteiger partial charge < -0.3 is 29.9 Å². The van der Waals surface area contributed by atoms with Crippen LogP contribution in [0.15, 0.2) is 48.5 Å². The molecule has 57 heavy (non-hydrogen) atoms. The Balaban J connectivity index is 0.00000356. The minimum Gasteiger partial charge on any atom is -0.357 e. The van der Waals surface area contributed by atoms with Gasteiger partial charge in [0.15, 0.2) is 0 Å². The maximum atomic E-state index is 5.36. The molecule has 0 spiro atoms. The first-order valence-corrected chi connectivity index (χ1v) is 21.0. The first kappa shape index (κ1) is 33.9. The van der Waals surface area contributed by atoms with Gasteiger partial charge in [-0.2, -0.15) is 0 Å². The number of fused-ring (bicyclic) bond motifs is 24. The maximum Gasteiger partial charge on any atom is 2.00 e. The fraction of sp³-hybridized carbons (Fsp3) is 0.333. The standard InChI is InChI=1S/C48H40N8.Fe/c1-2-10-26-18-34-33(17-25(26)9-1)41-49-42(34)54-44-37-21-29-13-5-6-14-30(29)22-38(37)46(51-44)56-48-40-24-32-16-8-7-15-31(32)23-39(40)47(52-48)55-45-36-20-28-12-4-3-11-27(28)19-35(36)43(50-45)53-41;/h17-24H,1-16H2;/q-2;+2. The van der Waals surface area contributed by atoms with Crippen LogP contribution in [0.25, 0.3) is 89.7 Å². The molecule has 0 saturated carbocycles. The van der Waals surface area contributed by atoms with E-state index in [0.29, 0.717) is 45.9 Å². The molecular formula is C48H40FeN8. The van der Waals surface area contributed by atoms with Gasteiger partial charge in [0.1, 0.15) is 0 Å². The molecule has 280 valence electrons. The van der Waals surface area contributed by atoms with Gasteiger partial charge in [0.2, 0.25) is 0 Å². The molecule has 0 fully saturated rings. The van der Waals surface area contributed by atoms with Crippen LogP contribution in [0.3, 0.4) is 0 Å². The Morgan fingerprint density at radius 2 is 0.491 bits per heavy atom. The van der Waals surface area contributed by atoms with E-state index < -0.39 is 0 Å². The topological polar surface area (TPSA) is 106 Å². The minimum absolute atomic E-state index is 0. The SMILES string of the molecule is [Fe+2].c1c2c(cc3c1-c1nc-3nc3[n-]c(nc4nc(nc5[n-]c(n1)c1cc6c(cc51)CCCC6)-c1cc5c(cc1-4)CCCC5)c1cc4c(cc31)CCCC4)CCCC2. The van der Waals surface area contributed by atoms with Crippen molar-refractivity contribution in [3.63, 3.8) is 0 Å².